The molecule has 2 aliphatic heterocycles. The maximum Gasteiger partial charge on any atom is 0.399 e. The van der Waals surface area contributed by atoms with Crippen LogP contribution in [0.2, 0.25) is 0 Å². The van der Waals surface area contributed by atoms with Crippen LogP contribution in [0.1, 0.15) is 6.42 Å². The Hall–Kier alpha value is -0.270. The second-order valence-corrected chi connectivity index (χ2v) is 5.79. The molecular formula is C6H9O7PS. The first-order chi connectivity index (χ1) is 7.05. The van der Waals surface area contributed by atoms with E-state index in [1.165, 1.54) is 0 Å². The molecule has 0 aromatic carbocycles. The predicted octanol–water partition coefficient (Wildman–Crippen LogP) is -0.0780. The summed E-state index contributed by atoms with van der Waals surface area (Å²) in [6.45, 7) is 0.187. The van der Waals surface area contributed by atoms with Gasteiger partial charge in [-0.15, -0.1) is 0 Å². The molecule has 2 saturated heterocycles. The highest BCUT2D eigenvalue weighted by atomic mass is 32.2. The van der Waals surface area contributed by atoms with Crippen LogP contribution in [0, 0.1) is 0 Å². The van der Waals surface area contributed by atoms with E-state index in [-0.39, 0.29) is 25.4 Å². The molecule has 9 heteroatoms. The van der Waals surface area contributed by atoms with Crippen molar-refractivity contribution in [1.82, 2.24) is 0 Å². The van der Waals surface area contributed by atoms with Crippen LogP contribution in [0.3, 0.4) is 0 Å². The number of rotatable bonds is 2. The van der Waals surface area contributed by atoms with Crippen LogP contribution in [0.25, 0.3) is 0 Å². The van der Waals surface area contributed by atoms with Crippen LogP contribution in [0.15, 0.2) is 0 Å². The van der Waals surface area contributed by atoms with E-state index >= 15 is 0 Å². The van der Waals surface area contributed by atoms with Gasteiger partial charge in [0, 0.05) is 0 Å². The molecule has 2 heterocycles. The number of hydrogen-bond donors (Lipinski definition) is 0. The highest BCUT2D eigenvalue weighted by Gasteiger charge is 2.35. The van der Waals surface area contributed by atoms with Gasteiger partial charge in [0.2, 0.25) is 0 Å². The topological polar surface area (TPSA) is 88.1 Å². The molecule has 2 atom stereocenters. The van der Waals surface area contributed by atoms with Crippen molar-refractivity contribution in [3.63, 3.8) is 0 Å². The second-order valence-electron chi connectivity index (χ2n) is 3.01. The molecule has 2 aliphatic rings. The Balaban J connectivity index is 1.85. The Morgan fingerprint density at radius 1 is 1.47 bits per heavy atom. The smallest absolute Gasteiger partial charge is 0.394 e. The monoisotopic (exact) mass is 256 g/mol. The molecule has 0 spiro atoms. The van der Waals surface area contributed by atoms with Crippen molar-refractivity contribution < 1.29 is 31.0 Å². The first-order valence-electron chi connectivity index (χ1n) is 4.23. The molecule has 7 nitrogen and oxygen atoms in total. The number of carbonyl (C=O) groups excluding carboxylic acids is 1. The standard InChI is InChI=1S/C6H9O7PS/c7-6-1-2-10-14(13-6)12-5-3-11-15(8,9)4-5/h5H,1-4H2. The van der Waals surface area contributed by atoms with Gasteiger partial charge in [-0.25, -0.2) is 0 Å². The lowest BCUT2D eigenvalue weighted by Gasteiger charge is -2.21. The van der Waals surface area contributed by atoms with Crippen LogP contribution in [0.4, 0.5) is 0 Å². The third-order valence-corrected chi connectivity index (χ3v) is 4.23. The third-order valence-electron chi connectivity index (χ3n) is 1.74. The molecule has 0 bridgehead atoms. The molecule has 2 rings (SSSR count). The minimum atomic E-state index is -3.47. The van der Waals surface area contributed by atoms with Gasteiger partial charge >= 0.3 is 14.6 Å². The molecule has 0 radical (unpaired) electrons. The van der Waals surface area contributed by atoms with Crippen molar-refractivity contribution in [2.45, 2.75) is 12.5 Å². The highest BCUT2D eigenvalue weighted by Crippen LogP contribution is 2.44. The molecule has 2 fully saturated rings. The maximum atomic E-state index is 10.9. The van der Waals surface area contributed by atoms with Crippen molar-refractivity contribution >= 4 is 24.7 Å². The minimum Gasteiger partial charge on any atom is -0.394 e. The first kappa shape index (κ1) is 11.2. The van der Waals surface area contributed by atoms with Gasteiger partial charge in [-0.2, -0.15) is 8.42 Å². The van der Waals surface area contributed by atoms with E-state index in [4.69, 9.17) is 13.6 Å². The summed E-state index contributed by atoms with van der Waals surface area (Å²) in [6.07, 6.45) is -0.422. The van der Waals surface area contributed by atoms with Crippen LogP contribution >= 0.6 is 8.60 Å². The van der Waals surface area contributed by atoms with Gasteiger partial charge in [0.25, 0.3) is 10.1 Å². The molecular weight excluding hydrogens is 247 g/mol. The quantitative estimate of drug-likeness (QED) is 0.504. The fourth-order valence-electron chi connectivity index (χ4n) is 1.10. The summed E-state index contributed by atoms with van der Waals surface area (Å²) < 4.78 is 41.2. The summed E-state index contributed by atoms with van der Waals surface area (Å²) >= 11 is 0. The summed E-state index contributed by atoms with van der Waals surface area (Å²) in [5.41, 5.74) is 0. The van der Waals surface area contributed by atoms with E-state index in [9.17, 15) is 13.2 Å². The molecule has 0 saturated carbocycles. The Morgan fingerprint density at radius 3 is 2.87 bits per heavy atom. The normalized spacial score (nSPS) is 35.1. The summed E-state index contributed by atoms with van der Waals surface area (Å²) in [6, 6.07) is 0. The molecule has 86 valence electrons. The van der Waals surface area contributed by atoms with E-state index in [2.05, 4.69) is 4.18 Å². The average Bonchev–Trinajstić information content (AvgIpc) is 2.45. The molecule has 0 aliphatic carbocycles. The zero-order valence-corrected chi connectivity index (χ0v) is 9.33. The van der Waals surface area contributed by atoms with Crippen molar-refractivity contribution in [2.24, 2.45) is 0 Å². The molecule has 2 unspecified atom stereocenters. The van der Waals surface area contributed by atoms with Gasteiger partial charge in [-0.1, -0.05) is 0 Å². The van der Waals surface area contributed by atoms with Gasteiger partial charge in [-0.05, 0) is 0 Å². The molecule has 0 aromatic rings. The summed E-state index contributed by atoms with van der Waals surface area (Å²) in [4.78, 5) is 10.9. The largest absolute Gasteiger partial charge is 0.399 e. The van der Waals surface area contributed by atoms with E-state index < -0.39 is 30.8 Å². The lowest BCUT2D eigenvalue weighted by atomic mass is 10.5. The second kappa shape index (κ2) is 4.31. The van der Waals surface area contributed by atoms with Crippen molar-refractivity contribution in [2.75, 3.05) is 19.0 Å². The van der Waals surface area contributed by atoms with E-state index in [0.29, 0.717) is 0 Å². The average molecular weight is 256 g/mol. The lowest BCUT2D eigenvalue weighted by molar-refractivity contribution is -0.138. The maximum absolute atomic E-state index is 10.9. The summed E-state index contributed by atoms with van der Waals surface area (Å²) in [5, 5.41) is 0. The van der Waals surface area contributed by atoms with Gasteiger partial charge < -0.3 is 9.05 Å². The van der Waals surface area contributed by atoms with Gasteiger partial charge in [-0.3, -0.25) is 13.5 Å². The van der Waals surface area contributed by atoms with E-state index in [1.807, 2.05) is 0 Å². The van der Waals surface area contributed by atoms with Gasteiger partial charge in [0.1, 0.15) is 11.9 Å². The van der Waals surface area contributed by atoms with Crippen molar-refractivity contribution in [1.29, 1.82) is 0 Å². The third kappa shape index (κ3) is 3.09. The molecule has 0 N–H and O–H groups in total. The fourth-order valence-corrected chi connectivity index (χ4v) is 3.31. The van der Waals surface area contributed by atoms with Crippen LogP contribution in [-0.2, 0) is 32.7 Å². The zero-order chi connectivity index (χ0) is 10.9. The lowest BCUT2D eigenvalue weighted by Crippen LogP contribution is -2.20. The SMILES string of the molecule is O=C1CCOP(OC2COS(=O)(=O)C2)O1. The Kier molecular flexibility index (Phi) is 3.22. The Bertz CT molecular complexity index is 352. The zero-order valence-electron chi connectivity index (χ0n) is 7.62. The van der Waals surface area contributed by atoms with E-state index in [1.54, 1.807) is 0 Å². The Labute approximate surface area is 87.8 Å². The highest BCUT2D eigenvalue weighted by molar-refractivity contribution is 7.87. The van der Waals surface area contributed by atoms with Crippen LogP contribution in [-0.4, -0.2) is 39.5 Å². The number of hydrogen-bond acceptors (Lipinski definition) is 7. The fraction of sp³-hybridized carbons (Fsp3) is 0.833. The minimum absolute atomic E-state index is 0.0535. The van der Waals surface area contributed by atoms with Crippen molar-refractivity contribution in [3.05, 3.63) is 0 Å². The first-order valence-corrected chi connectivity index (χ1v) is 6.90. The van der Waals surface area contributed by atoms with Crippen LogP contribution in [0.5, 0.6) is 0 Å². The van der Waals surface area contributed by atoms with Gasteiger partial charge in [0.05, 0.1) is 19.6 Å². The number of carbonyl (C=O) groups is 1. The Morgan fingerprint density at radius 2 is 2.27 bits per heavy atom. The van der Waals surface area contributed by atoms with E-state index in [0.717, 1.165) is 0 Å². The predicted molar refractivity (Wildman–Crippen MR) is 48.2 cm³/mol. The van der Waals surface area contributed by atoms with Crippen LogP contribution < -0.4 is 0 Å². The summed E-state index contributed by atoms with van der Waals surface area (Å²) in [5.74, 6) is -0.624. The van der Waals surface area contributed by atoms with Gasteiger partial charge in [0.15, 0.2) is 0 Å². The molecule has 15 heavy (non-hydrogen) atoms. The van der Waals surface area contributed by atoms with Crippen molar-refractivity contribution in [3.8, 4) is 0 Å². The summed E-state index contributed by atoms with van der Waals surface area (Å²) in [7, 11) is -5.23. The molecule has 0 aromatic heterocycles. The molecule has 0 amide bonds.